The number of rotatable bonds is 4. The molecule has 3 rings (SSSR count). The van der Waals surface area contributed by atoms with Crippen molar-refractivity contribution in [1.29, 1.82) is 0 Å². The summed E-state index contributed by atoms with van der Waals surface area (Å²) in [7, 11) is 0. The first-order chi connectivity index (χ1) is 13.3. The van der Waals surface area contributed by atoms with E-state index in [4.69, 9.17) is 18.0 Å². The van der Waals surface area contributed by atoms with Crippen LogP contribution in [0.1, 0.15) is 44.5 Å². The number of anilines is 1. The predicted molar refractivity (Wildman–Crippen MR) is 111 cm³/mol. The molecule has 0 bridgehead atoms. The van der Waals surface area contributed by atoms with Crippen LogP contribution in [0, 0.1) is 16.0 Å². The van der Waals surface area contributed by atoms with Gasteiger partial charge in [0, 0.05) is 10.9 Å². The summed E-state index contributed by atoms with van der Waals surface area (Å²) in [5.74, 6) is -0.743. The number of benzene rings is 1. The minimum absolute atomic E-state index is 0.0581. The molecule has 1 atom stereocenters. The van der Waals surface area contributed by atoms with E-state index in [-0.39, 0.29) is 16.4 Å². The van der Waals surface area contributed by atoms with Gasteiger partial charge in [-0.25, -0.2) is 0 Å². The number of hydrogen-bond acceptors (Lipinski definition) is 6. The van der Waals surface area contributed by atoms with Crippen LogP contribution in [0.25, 0.3) is 0 Å². The van der Waals surface area contributed by atoms with Crippen molar-refractivity contribution in [2.24, 2.45) is 11.7 Å². The number of carbonyl (C=O) groups excluding carboxylic acids is 2. The van der Waals surface area contributed by atoms with Crippen molar-refractivity contribution in [2.75, 3.05) is 5.32 Å². The number of para-hydroxylation sites is 1. The Kier molecular flexibility index (Phi) is 5.71. The number of thiocarbonyl (C=S) groups is 1. The van der Waals surface area contributed by atoms with Gasteiger partial charge in [-0.2, -0.15) is 0 Å². The van der Waals surface area contributed by atoms with Crippen LogP contribution < -0.4 is 16.4 Å². The number of amides is 2. The Bertz CT molecular complexity index is 986. The molecule has 1 unspecified atom stereocenters. The number of hydrogen-bond donors (Lipinski definition) is 3. The van der Waals surface area contributed by atoms with Gasteiger partial charge in [0.05, 0.1) is 10.5 Å². The molecular formula is C18H18N4O4S2. The maximum Gasteiger partial charge on any atom is 0.282 e. The lowest BCUT2D eigenvalue weighted by Crippen LogP contribution is -2.34. The highest BCUT2D eigenvalue weighted by molar-refractivity contribution is 7.80. The average molecular weight is 419 g/mol. The first-order valence-electron chi connectivity index (χ1n) is 8.58. The van der Waals surface area contributed by atoms with Crippen molar-refractivity contribution >= 4 is 51.2 Å². The maximum atomic E-state index is 12.4. The van der Waals surface area contributed by atoms with Gasteiger partial charge in [-0.05, 0) is 49.0 Å². The van der Waals surface area contributed by atoms with E-state index in [0.29, 0.717) is 16.5 Å². The van der Waals surface area contributed by atoms with Crippen LogP contribution in [-0.2, 0) is 12.8 Å². The van der Waals surface area contributed by atoms with Gasteiger partial charge in [-0.3, -0.25) is 25.0 Å². The number of thiophene rings is 1. The minimum Gasteiger partial charge on any atom is -0.365 e. The topological polar surface area (TPSA) is 127 Å². The summed E-state index contributed by atoms with van der Waals surface area (Å²) < 4.78 is 0. The molecule has 0 radical (unpaired) electrons. The molecule has 1 heterocycles. The highest BCUT2D eigenvalue weighted by atomic mass is 32.1. The lowest BCUT2D eigenvalue weighted by molar-refractivity contribution is -0.385. The van der Waals surface area contributed by atoms with Gasteiger partial charge in [-0.1, -0.05) is 19.1 Å². The second kappa shape index (κ2) is 8.03. The van der Waals surface area contributed by atoms with Crippen molar-refractivity contribution in [3.05, 3.63) is 55.9 Å². The molecule has 4 N–H and O–H groups in total. The number of carbonyl (C=O) groups is 2. The summed E-state index contributed by atoms with van der Waals surface area (Å²) in [6.07, 6.45) is 2.60. The monoisotopic (exact) mass is 418 g/mol. The molecule has 1 aromatic heterocycles. The number of nitro benzene ring substituents is 1. The highest BCUT2D eigenvalue weighted by Crippen LogP contribution is 2.39. The largest absolute Gasteiger partial charge is 0.365 e. The molecule has 0 fully saturated rings. The Morgan fingerprint density at radius 1 is 1.36 bits per heavy atom. The molecule has 146 valence electrons. The summed E-state index contributed by atoms with van der Waals surface area (Å²) in [5, 5.41) is 16.8. The molecule has 0 saturated heterocycles. The molecule has 1 aliphatic rings. The first kappa shape index (κ1) is 19.9. The number of primary amides is 1. The van der Waals surface area contributed by atoms with E-state index < -0.39 is 16.7 Å². The predicted octanol–water partition coefficient (Wildman–Crippen LogP) is 3.01. The van der Waals surface area contributed by atoms with Crippen LogP contribution in [0.2, 0.25) is 0 Å². The molecular weight excluding hydrogens is 400 g/mol. The third-order valence-electron chi connectivity index (χ3n) is 4.56. The molecule has 2 aromatic rings. The van der Waals surface area contributed by atoms with Crippen molar-refractivity contribution in [3.63, 3.8) is 0 Å². The second-order valence-electron chi connectivity index (χ2n) is 6.60. The fourth-order valence-corrected chi connectivity index (χ4v) is 4.91. The van der Waals surface area contributed by atoms with Crippen molar-refractivity contribution in [2.45, 2.75) is 26.2 Å². The molecule has 0 aliphatic heterocycles. The number of nitrogens with one attached hydrogen (secondary N) is 2. The quantitative estimate of drug-likeness (QED) is 0.398. The standard InChI is InChI=1S/C18H18N4O4S2/c1-9-6-7-11-13(8-9)28-17(14(11)15(19)23)21-18(27)20-16(24)10-4-2-3-5-12(10)22(25)26/h2-5,9H,6-8H2,1H3,(H2,19,23)(H2,20,21,24,27). The molecule has 28 heavy (non-hydrogen) atoms. The van der Waals surface area contributed by atoms with E-state index in [1.54, 1.807) is 0 Å². The summed E-state index contributed by atoms with van der Waals surface area (Å²) in [5.41, 5.74) is 6.47. The molecule has 1 aliphatic carbocycles. The van der Waals surface area contributed by atoms with Crippen LogP contribution in [0.4, 0.5) is 10.7 Å². The third-order valence-corrected chi connectivity index (χ3v) is 5.93. The van der Waals surface area contributed by atoms with Crippen LogP contribution in [0.15, 0.2) is 24.3 Å². The second-order valence-corrected chi connectivity index (χ2v) is 8.12. The zero-order valence-corrected chi connectivity index (χ0v) is 16.6. The third kappa shape index (κ3) is 4.02. The fourth-order valence-electron chi connectivity index (χ4n) is 3.23. The summed E-state index contributed by atoms with van der Waals surface area (Å²) in [6, 6.07) is 5.58. The molecule has 10 heteroatoms. The normalized spacial score (nSPS) is 15.4. The number of nitro groups is 1. The van der Waals surface area contributed by atoms with E-state index >= 15 is 0 Å². The fraction of sp³-hybridized carbons (Fsp3) is 0.278. The van der Waals surface area contributed by atoms with Crippen molar-refractivity contribution < 1.29 is 14.5 Å². The van der Waals surface area contributed by atoms with E-state index in [1.807, 2.05) is 0 Å². The van der Waals surface area contributed by atoms with E-state index in [1.165, 1.54) is 35.6 Å². The maximum absolute atomic E-state index is 12.4. The highest BCUT2D eigenvalue weighted by Gasteiger charge is 2.27. The van der Waals surface area contributed by atoms with Crippen LogP contribution in [0.3, 0.4) is 0 Å². The van der Waals surface area contributed by atoms with Gasteiger partial charge >= 0.3 is 0 Å². The molecule has 0 spiro atoms. The Labute approximate surface area is 170 Å². The van der Waals surface area contributed by atoms with E-state index in [2.05, 4.69) is 17.6 Å². The number of nitrogens with zero attached hydrogens (tertiary/aromatic N) is 1. The van der Waals surface area contributed by atoms with Crippen molar-refractivity contribution in [1.82, 2.24) is 5.32 Å². The molecule has 1 aromatic carbocycles. The van der Waals surface area contributed by atoms with Gasteiger partial charge in [0.15, 0.2) is 5.11 Å². The smallest absolute Gasteiger partial charge is 0.282 e. The van der Waals surface area contributed by atoms with E-state index in [0.717, 1.165) is 29.7 Å². The van der Waals surface area contributed by atoms with Gasteiger partial charge in [-0.15, -0.1) is 11.3 Å². The lowest BCUT2D eigenvalue weighted by Gasteiger charge is -2.18. The molecule has 2 amide bonds. The summed E-state index contributed by atoms with van der Waals surface area (Å²) in [4.78, 5) is 35.9. The average Bonchev–Trinajstić information content (AvgIpc) is 2.98. The number of fused-ring (bicyclic) bond motifs is 1. The summed E-state index contributed by atoms with van der Waals surface area (Å²) in [6.45, 7) is 2.15. The van der Waals surface area contributed by atoms with Gasteiger partial charge in [0.1, 0.15) is 10.6 Å². The van der Waals surface area contributed by atoms with Crippen LogP contribution >= 0.6 is 23.6 Å². The molecule has 0 saturated carbocycles. The SMILES string of the molecule is CC1CCc2c(sc(NC(=S)NC(=O)c3ccccc3[N+](=O)[O-])c2C(N)=O)C1. The van der Waals surface area contributed by atoms with Gasteiger partial charge < -0.3 is 11.1 Å². The van der Waals surface area contributed by atoms with E-state index in [9.17, 15) is 19.7 Å². The van der Waals surface area contributed by atoms with Crippen LogP contribution in [-0.4, -0.2) is 21.9 Å². The Balaban J connectivity index is 1.80. The zero-order chi connectivity index (χ0) is 20.4. The Hall–Kier alpha value is -2.85. The zero-order valence-electron chi connectivity index (χ0n) is 15.0. The lowest BCUT2D eigenvalue weighted by atomic mass is 9.88. The first-order valence-corrected chi connectivity index (χ1v) is 9.80. The Morgan fingerprint density at radius 2 is 2.07 bits per heavy atom. The Morgan fingerprint density at radius 3 is 2.75 bits per heavy atom. The van der Waals surface area contributed by atoms with Gasteiger partial charge in [0.2, 0.25) is 0 Å². The summed E-state index contributed by atoms with van der Waals surface area (Å²) >= 11 is 6.57. The van der Waals surface area contributed by atoms with Gasteiger partial charge in [0.25, 0.3) is 17.5 Å². The van der Waals surface area contributed by atoms with Crippen molar-refractivity contribution in [3.8, 4) is 0 Å². The van der Waals surface area contributed by atoms with Crippen LogP contribution in [0.5, 0.6) is 0 Å². The minimum atomic E-state index is -0.708. The molecule has 8 nitrogen and oxygen atoms in total. The number of nitrogens with two attached hydrogens (primary N) is 1.